The zero-order valence-corrected chi connectivity index (χ0v) is 18.8. The number of phenols is 1. The molecule has 0 radical (unpaired) electrons. The molecule has 0 bridgehead atoms. The van der Waals surface area contributed by atoms with Gasteiger partial charge in [-0.2, -0.15) is 0 Å². The Morgan fingerprint density at radius 2 is 1.82 bits per heavy atom. The first-order valence-corrected chi connectivity index (χ1v) is 11.0. The van der Waals surface area contributed by atoms with Crippen molar-refractivity contribution in [2.75, 3.05) is 27.2 Å². The van der Waals surface area contributed by atoms with E-state index < -0.39 is 0 Å². The second kappa shape index (κ2) is 8.92. The van der Waals surface area contributed by atoms with Crippen LogP contribution in [0.15, 0.2) is 79.1 Å². The monoisotopic (exact) mass is 438 g/mol. The zero-order chi connectivity index (χ0) is 22.8. The van der Waals surface area contributed by atoms with Crippen molar-refractivity contribution in [3.63, 3.8) is 0 Å². The van der Waals surface area contributed by atoms with Gasteiger partial charge in [-0.3, -0.25) is 4.57 Å². The Hall–Kier alpha value is -3.90. The van der Waals surface area contributed by atoms with E-state index in [2.05, 4.69) is 42.2 Å². The number of phenolic OH excluding ortho intramolecular Hbond substituents is 1. The number of pyridine rings is 1. The van der Waals surface area contributed by atoms with Gasteiger partial charge in [-0.15, -0.1) is 0 Å². The van der Waals surface area contributed by atoms with Gasteiger partial charge in [-0.05, 0) is 62.5 Å². The van der Waals surface area contributed by atoms with Crippen LogP contribution in [0.25, 0.3) is 38.9 Å². The summed E-state index contributed by atoms with van der Waals surface area (Å²) in [5, 5.41) is 10.7. The molecule has 0 saturated carbocycles. The molecular weight excluding hydrogens is 412 g/mol. The normalized spacial score (nSPS) is 11.5. The Kier molecular flexibility index (Phi) is 5.67. The first-order valence-electron chi connectivity index (χ1n) is 11.0. The SMILES string of the molecule is CN(C)CCCOc1ccc2c(c1)ncn2-c1ccc2cccc(-c3ccc(O)cc3)c2n1. The van der Waals surface area contributed by atoms with Gasteiger partial charge in [-0.1, -0.05) is 30.3 Å². The summed E-state index contributed by atoms with van der Waals surface area (Å²) in [6.45, 7) is 1.67. The van der Waals surface area contributed by atoms with E-state index in [-0.39, 0.29) is 5.75 Å². The van der Waals surface area contributed by atoms with Crippen LogP contribution in [0.1, 0.15) is 6.42 Å². The Balaban J connectivity index is 1.48. The van der Waals surface area contributed by atoms with Crippen LogP contribution in [-0.4, -0.2) is 51.8 Å². The Bertz CT molecular complexity index is 1410. The highest BCUT2D eigenvalue weighted by Gasteiger charge is 2.11. The molecule has 0 fully saturated rings. The van der Waals surface area contributed by atoms with Crippen molar-refractivity contribution in [3.8, 4) is 28.4 Å². The average Bonchev–Trinajstić information content (AvgIpc) is 3.25. The average molecular weight is 439 g/mol. The van der Waals surface area contributed by atoms with Crippen LogP contribution in [0.2, 0.25) is 0 Å². The van der Waals surface area contributed by atoms with E-state index in [0.29, 0.717) is 6.61 Å². The van der Waals surface area contributed by atoms with Crippen molar-refractivity contribution >= 4 is 21.9 Å². The van der Waals surface area contributed by atoms with Crippen LogP contribution >= 0.6 is 0 Å². The summed E-state index contributed by atoms with van der Waals surface area (Å²) >= 11 is 0. The number of rotatable bonds is 7. The Morgan fingerprint density at radius 3 is 2.64 bits per heavy atom. The minimum Gasteiger partial charge on any atom is -0.508 e. The molecular formula is C27H26N4O2. The van der Waals surface area contributed by atoms with Crippen LogP contribution in [0.3, 0.4) is 0 Å². The van der Waals surface area contributed by atoms with E-state index in [4.69, 9.17) is 9.72 Å². The second-order valence-electron chi connectivity index (χ2n) is 8.36. The number of aromatic nitrogens is 3. The van der Waals surface area contributed by atoms with Gasteiger partial charge in [0.05, 0.1) is 23.2 Å². The van der Waals surface area contributed by atoms with Gasteiger partial charge in [-0.25, -0.2) is 9.97 Å². The van der Waals surface area contributed by atoms with Crippen molar-refractivity contribution in [2.45, 2.75) is 6.42 Å². The predicted octanol–water partition coefficient (Wildman–Crippen LogP) is 5.28. The van der Waals surface area contributed by atoms with Gasteiger partial charge in [0.15, 0.2) is 0 Å². The fourth-order valence-electron chi connectivity index (χ4n) is 3.98. The molecule has 6 nitrogen and oxygen atoms in total. The number of ether oxygens (including phenoxy) is 1. The Labute approximate surface area is 192 Å². The summed E-state index contributed by atoms with van der Waals surface area (Å²) in [4.78, 5) is 11.7. The largest absolute Gasteiger partial charge is 0.508 e. The minimum absolute atomic E-state index is 0.249. The fraction of sp³-hybridized carbons (Fsp3) is 0.185. The smallest absolute Gasteiger partial charge is 0.139 e. The van der Waals surface area contributed by atoms with E-state index in [0.717, 1.165) is 57.6 Å². The third-order valence-corrected chi connectivity index (χ3v) is 5.67. The molecule has 0 aliphatic carbocycles. The molecule has 0 amide bonds. The molecule has 1 N–H and O–H groups in total. The van der Waals surface area contributed by atoms with E-state index in [1.54, 1.807) is 18.5 Å². The highest BCUT2D eigenvalue weighted by Crippen LogP contribution is 2.30. The molecule has 0 aliphatic rings. The van der Waals surface area contributed by atoms with Crippen LogP contribution in [-0.2, 0) is 0 Å². The van der Waals surface area contributed by atoms with E-state index in [1.165, 1.54) is 0 Å². The zero-order valence-electron chi connectivity index (χ0n) is 18.8. The van der Waals surface area contributed by atoms with E-state index in [1.807, 2.05) is 47.0 Å². The summed E-state index contributed by atoms with van der Waals surface area (Å²) in [7, 11) is 4.13. The molecule has 6 heteroatoms. The molecule has 0 atom stereocenters. The number of hydrogen-bond acceptors (Lipinski definition) is 5. The third-order valence-electron chi connectivity index (χ3n) is 5.67. The van der Waals surface area contributed by atoms with Gasteiger partial charge in [0.2, 0.25) is 0 Å². The summed E-state index contributed by atoms with van der Waals surface area (Å²) in [6, 6.07) is 23.4. The van der Waals surface area contributed by atoms with Gasteiger partial charge in [0.1, 0.15) is 23.6 Å². The summed E-state index contributed by atoms with van der Waals surface area (Å²) in [5.41, 5.74) is 4.78. The van der Waals surface area contributed by atoms with E-state index in [9.17, 15) is 5.11 Å². The predicted molar refractivity (Wildman–Crippen MR) is 132 cm³/mol. The van der Waals surface area contributed by atoms with Crippen molar-refractivity contribution in [3.05, 3.63) is 79.1 Å². The first kappa shape index (κ1) is 21.0. The molecule has 2 heterocycles. The van der Waals surface area contributed by atoms with Crippen LogP contribution in [0.5, 0.6) is 11.5 Å². The molecule has 0 spiro atoms. The fourth-order valence-corrected chi connectivity index (χ4v) is 3.98. The second-order valence-corrected chi connectivity index (χ2v) is 8.36. The number of hydrogen-bond donors (Lipinski definition) is 1. The lowest BCUT2D eigenvalue weighted by Gasteiger charge is -2.11. The van der Waals surface area contributed by atoms with Crippen molar-refractivity contribution in [1.82, 2.24) is 19.4 Å². The van der Waals surface area contributed by atoms with E-state index >= 15 is 0 Å². The molecule has 5 rings (SSSR count). The third kappa shape index (κ3) is 4.38. The maximum Gasteiger partial charge on any atom is 0.139 e. The lowest BCUT2D eigenvalue weighted by Crippen LogP contribution is -2.15. The number of nitrogens with zero attached hydrogens (tertiary/aromatic N) is 4. The summed E-state index contributed by atoms with van der Waals surface area (Å²) in [5.74, 6) is 1.88. The van der Waals surface area contributed by atoms with Gasteiger partial charge in [0, 0.05) is 23.6 Å². The molecule has 166 valence electrons. The van der Waals surface area contributed by atoms with Crippen molar-refractivity contribution in [1.29, 1.82) is 0 Å². The number of fused-ring (bicyclic) bond motifs is 2. The molecule has 2 aromatic heterocycles. The molecule has 0 saturated heterocycles. The first-order chi connectivity index (χ1) is 16.1. The van der Waals surface area contributed by atoms with Gasteiger partial charge < -0.3 is 14.7 Å². The molecule has 3 aromatic carbocycles. The molecule has 33 heavy (non-hydrogen) atoms. The number of para-hydroxylation sites is 1. The van der Waals surface area contributed by atoms with Crippen LogP contribution in [0, 0.1) is 0 Å². The van der Waals surface area contributed by atoms with Crippen LogP contribution in [0.4, 0.5) is 0 Å². The topological polar surface area (TPSA) is 63.4 Å². The van der Waals surface area contributed by atoms with Crippen molar-refractivity contribution < 1.29 is 9.84 Å². The highest BCUT2D eigenvalue weighted by molar-refractivity contribution is 5.94. The van der Waals surface area contributed by atoms with Crippen molar-refractivity contribution in [2.24, 2.45) is 0 Å². The maximum absolute atomic E-state index is 9.65. The highest BCUT2D eigenvalue weighted by atomic mass is 16.5. The summed E-state index contributed by atoms with van der Waals surface area (Å²) < 4.78 is 7.90. The standard InChI is InChI=1S/C27H26N4O2/c1-30(2)15-4-16-33-22-12-13-25-24(17-22)28-18-31(25)26-14-9-20-5-3-6-23(27(20)29-26)19-7-10-21(32)11-8-19/h3,5-14,17-18,32H,4,15-16H2,1-2H3. The number of benzene rings is 3. The van der Waals surface area contributed by atoms with Gasteiger partial charge in [0.25, 0.3) is 0 Å². The molecule has 5 aromatic rings. The summed E-state index contributed by atoms with van der Waals surface area (Å²) in [6.07, 6.45) is 2.78. The number of imidazole rings is 1. The lowest BCUT2D eigenvalue weighted by atomic mass is 10.0. The maximum atomic E-state index is 9.65. The minimum atomic E-state index is 0.249. The van der Waals surface area contributed by atoms with Crippen LogP contribution < -0.4 is 4.74 Å². The quantitative estimate of drug-likeness (QED) is 0.351. The lowest BCUT2D eigenvalue weighted by molar-refractivity contribution is 0.282. The molecule has 0 aliphatic heterocycles. The Morgan fingerprint density at radius 1 is 0.970 bits per heavy atom. The molecule has 0 unspecified atom stereocenters. The van der Waals surface area contributed by atoms with Gasteiger partial charge >= 0.3 is 0 Å². The number of aromatic hydroxyl groups is 1.